The maximum Gasteiger partial charge on any atom is 0.250 e. The van der Waals surface area contributed by atoms with Crippen molar-refractivity contribution in [2.75, 3.05) is 18.0 Å². The summed E-state index contributed by atoms with van der Waals surface area (Å²) in [6.07, 6.45) is 4.85. The Balaban J connectivity index is 2.32. The van der Waals surface area contributed by atoms with E-state index in [1.165, 1.54) is 25.7 Å². The molecule has 1 fully saturated rings. The number of benzene rings is 1. The number of carbonyl (C=O) groups is 1. The van der Waals surface area contributed by atoms with Crippen molar-refractivity contribution in [3.05, 3.63) is 28.8 Å². The lowest BCUT2D eigenvalue weighted by atomic mass is 10.1. The highest BCUT2D eigenvalue weighted by molar-refractivity contribution is 6.31. The van der Waals surface area contributed by atoms with Crippen LogP contribution in [0, 0.1) is 0 Å². The first-order valence-corrected chi connectivity index (χ1v) is 6.40. The molecule has 0 unspecified atom stereocenters. The second-order valence-corrected chi connectivity index (χ2v) is 4.86. The average molecular weight is 253 g/mol. The van der Waals surface area contributed by atoms with Crippen molar-refractivity contribution < 1.29 is 4.79 Å². The Hall–Kier alpha value is -1.22. The number of halogens is 1. The van der Waals surface area contributed by atoms with Crippen LogP contribution in [0.3, 0.4) is 0 Å². The Labute approximate surface area is 107 Å². The van der Waals surface area contributed by atoms with E-state index in [-0.39, 0.29) is 0 Å². The van der Waals surface area contributed by atoms with E-state index in [2.05, 4.69) is 4.90 Å². The van der Waals surface area contributed by atoms with Crippen LogP contribution in [0.2, 0.25) is 5.02 Å². The molecule has 2 N–H and O–H groups in total. The van der Waals surface area contributed by atoms with Gasteiger partial charge in [-0.25, -0.2) is 0 Å². The topological polar surface area (TPSA) is 46.3 Å². The summed E-state index contributed by atoms with van der Waals surface area (Å²) < 4.78 is 0. The summed E-state index contributed by atoms with van der Waals surface area (Å²) in [5.74, 6) is -0.410. The molecule has 3 nitrogen and oxygen atoms in total. The zero-order chi connectivity index (χ0) is 12.3. The van der Waals surface area contributed by atoms with Crippen molar-refractivity contribution in [1.29, 1.82) is 0 Å². The predicted molar refractivity (Wildman–Crippen MR) is 70.7 cm³/mol. The highest BCUT2D eigenvalue weighted by Gasteiger charge is 2.16. The summed E-state index contributed by atoms with van der Waals surface area (Å²) >= 11 is 5.91. The lowest BCUT2D eigenvalue weighted by molar-refractivity contribution is 0.100. The van der Waals surface area contributed by atoms with Crippen LogP contribution in [-0.4, -0.2) is 19.0 Å². The van der Waals surface area contributed by atoms with Gasteiger partial charge < -0.3 is 10.6 Å². The van der Waals surface area contributed by atoms with Crippen LogP contribution in [0.4, 0.5) is 5.69 Å². The fourth-order valence-corrected chi connectivity index (χ4v) is 2.47. The molecule has 1 amide bonds. The smallest absolute Gasteiger partial charge is 0.250 e. The molecule has 0 saturated carbocycles. The zero-order valence-corrected chi connectivity index (χ0v) is 10.5. The molecule has 1 aliphatic rings. The molecule has 0 aromatic heterocycles. The fraction of sp³-hybridized carbons (Fsp3) is 0.462. The van der Waals surface area contributed by atoms with Crippen molar-refractivity contribution >= 4 is 23.2 Å². The standard InChI is InChI=1S/C13H17ClN2O/c14-10-5-6-12(11(9-10)13(15)17)16-7-3-1-2-4-8-16/h5-6,9H,1-4,7-8H2,(H2,15,17). The number of carbonyl (C=O) groups excluding carboxylic acids is 1. The molecule has 92 valence electrons. The van der Waals surface area contributed by atoms with Crippen LogP contribution < -0.4 is 10.6 Å². The fourth-order valence-electron chi connectivity index (χ4n) is 2.29. The molecule has 17 heavy (non-hydrogen) atoms. The minimum atomic E-state index is -0.410. The van der Waals surface area contributed by atoms with E-state index in [9.17, 15) is 4.79 Å². The van der Waals surface area contributed by atoms with E-state index >= 15 is 0 Å². The maximum atomic E-state index is 11.4. The molecule has 0 aliphatic carbocycles. The van der Waals surface area contributed by atoms with Crippen molar-refractivity contribution in [2.45, 2.75) is 25.7 Å². The van der Waals surface area contributed by atoms with E-state index < -0.39 is 5.91 Å². The van der Waals surface area contributed by atoms with Gasteiger partial charge in [0.2, 0.25) is 0 Å². The first-order valence-electron chi connectivity index (χ1n) is 6.03. The molecule has 1 aliphatic heterocycles. The third-order valence-electron chi connectivity index (χ3n) is 3.17. The van der Waals surface area contributed by atoms with Crippen LogP contribution in [0.1, 0.15) is 36.0 Å². The molecule has 0 spiro atoms. The maximum absolute atomic E-state index is 11.4. The average Bonchev–Trinajstić information content (AvgIpc) is 2.57. The van der Waals surface area contributed by atoms with Crippen molar-refractivity contribution in [3.63, 3.8) is 0 Å². The quantitative estimate of drug-likeness (QED) is 0.880. The van der Waals surface area contributed by atoms with Gasteiger partial charge in [0, 0.05) is 23.8 Å². The first kappa shape index (κ1) is 12.2. The van der Waals surface area contributed by atoms with Gasteiger partial charge in [0.15, 0.2) is 0 Å². The van der Waals surface area contributed by atoms with E-state index in [1.807, 2.05) is 12.1 Å². The lowest BCUT2D eigenvalue weighted by Gasteiger charge is -2.24. The van der Waals surface area contributed by atoms with Gasteiger partial charge in [-0.2, -0.15) is 0 Å². The summed E-state index contributed by atoms with van der Waals surface area (Å²) in [5.41, 5.74) is 6.85. The highest BCUT2D eigenvalue weighted by Crippen LogP contribution is 2.26. The molecule has 2 rings (SSSR count). The third-order valence-corrected chi connectivity index (χ3v) is 3.41. The largest absolute Gasteiger partial charge is 0.371 e. The van der Waals surface area contributed by atoms with Gasteiger partial charge in [0.05, 0.1) is 5.56 Å². The minimum absolute atomic E-state index is 0.410. The number of hydrogen-bond donors (Lipinski definition) is 1. The molecule has 0 atom stereocenters. The molecule has 1 aromatic rings. The van der Waals surface area contributed by atoms with Crippen LogP contribution in [0.5, 0.6) is 0 Å². The third kappa shape index (κ3) is 2.91. The van der Waals surface area contributed by atoms with Gasteiger partial charge in [0.25, 0.3) is 5.91 Å². The van der Waals surface area contributed by atoms with Gasteiger partial charge in [-0.1, -0.05) is 24.4 Å². The second kappa shape index (κ2) is 5.41. The Kier molecular flexibility index (Phi) is 3.89. The van der Waals surface area contributed by atoms with Gasteiger partial charge >= 0.3 is 0 Å². The van der Waals surface area contributed by atoms with E-state index in [1.54, 1.807) is 6.07 Å². The first-order chi connectivity index (χ1) is 8.18. The molecule has 1 saturated heterocycles. The number of amides is 1. The number of nitrogens with two attached hydrogens (primary N) is 1. The van der Waals surface area contributed by atoms with Crippen LogP contribution >= 0.6 is 11.6 Å². The highest BCUT2D eigenvalue weighted by atomic mass is 35.5. The monoisotopic (exact) mass is 252 g/mol. The molecular weight excluding hydrogens is 236 g/mol. The number of rotatable bonds is 2. The minimum Gasteiger partial charge on any atom is -0.371 e. The SMILES string of the molecule is NC(=O)c1cc(Cl)ccc1N1CCCCCC1. The van der Waals surface area contributed by atoms with Crippen LogP contribution in [0.25, 0.3) is 0 Å². The second-order valence-electron chi connectivity index (χ2n) is 4.43. The summed E-state index contributed by atoms with van der Waals surface area (Å²) in [6, 6.07) is 5.37. The number of anilines is 1. The molecule has 0 bridgehead atoms. The predicted octanol–water partition coefficient (Wildman–Crippen LogP) is 2.82. The Bertz CT molecular complexity index is 412. The van der Waals surface area contributed by atoms with Gasteiger partial charge in [0.1, 0.15) is 0 Å². The molecule has 1 heterocycles. The molecule has 4 heteroatoms. The van der Waals surface area contributed by atoms with Crippen LogP contribution in [-0.2, 0) is 0 Å². The molecule has 0 radical (unpaired) electrons. The van der Waals surface area contributed by atoms with Gasteiger partial charge in [-0.3, -0.25) is 4.79 Å². The van der Waals surface area contributed by atoms with E-state index in [0.29, 0.717) is 10.6 Å². The Morgan fingerprint density at radius 2 is 1.82 bits per heavy atom. The lowest BCUT2D eigenvalue weighted by Crippen LogP contribution is -2.27. The van der Waals surface area contributed by atoms with Gasteiger partial charge in [-0.15, -0.1) is 0 Å². The summed E-state index contributed by atoms with van der Waals surface area (Å²) in [4.78, 5) is 13.7. The number of hydrogen-bond acceptors (Lipinski definition) is 2. The van der Waals surface area contributed by atoms with E-state index in [0.717, 1.165) is 18.8 Å². The van der Waals surface area contributed by atoms with Gasteiger partial charge in [-0.05, 0) is 31.0 Å². The Morgan fingerprint density at radius 1 is 1.18 bits per heavy atom. The molecule has 1 aromatic carbocycles. The van der Waals surface area contributed by atoms with Crippen molar-refractivity contribution in [1.82, 2.24) is 0 Å². The zero-order valence-electron chi connectivity index (χ0n) is 9.79. The van der Waals surface area contributed by atoms with Crippen molar-refractivity contribution in [3.8, 4) is 0 Å². The summed E-state index contributed by atoms with van der Waals surface area (Å²) in [6.45, 7) is 1.98. The molecular formula is C13H17ClN2O. The van der Waals surface area contributed by atoms with Crippen molar-refractivity contribution in [2.24, 2.45) is 5.73 Å². The summed E-state index contributed by atoms with van der Waals surface area (Å²) in [5, 5.41) is 0.553. The number of nitrogens with zero attached hydrogens (tertiary/aromatic N) is 1. The number of primary amides is 1. The van der Waals surface area contributed by atoms with Crippen LogP contribution in [0.15, 0.2) is 18.2 Å². The normalized spacial score (nSPS) is 16.6. The van der Waals surface area contributed by atoms with E-state index in [4.69, 9.17) is 17.3 Å². The summed E-state index contributed by atoms with van der Waals surface area (Å²) in [7, 11) is 0. The Morgan fingerprint density at radius 3 is 2.41 bits per heavy atom.